The van der Waals surface area contributed by atoms with E-state index in [0.29, 0.717) is 12.8 Å². The predicted octanol–water partition coefficient (Wildman–Crippen LogP) is 2.36. The fourth-order valence-electron chi connectivity index (χ4n) is 3.56. The van der Waals surface area contributed by atoms with Crippen molar-refractivity contribution in [1.82, 2.24) is 14.9 Å². The van der Waals surface area contributed by atoms with Gasteiger partial charge >= 0.3 is 0 Å². The van der Waals surface area contributed by atoms with E-state index in [9.17, 15) is 22.4 Å². The van der Waals surface area contributed by atoms with E-state index in [2.05, 4.69) is 10.6 Å². The molecule has 3 rings (SSSR count). The number of benzene rings is 2. The molecule has 0 aromatic heterocycles. The zero-order valence-electron chi connectivity index (χ0n) is 18.2. The highest BCUT2D eigenvalue weighted by Crippen LogP contribution is 2.24. The maximum atomic E-state index is 13.0. The molecular formula is C23H28FN3O4S. The molecule has 1 unspecified atom stereocenters. The molecule has 32 heavy (non-hydrogen) atoms. The van der Waals surface area contributed by atoms with Gasteiger partial charge in [-0.25, -0.2) is 12.8 Å². The van der Waals surface area contributed by atoms with Gasteiger partial charge < -0.3 is 10.6 Å². The SMILES string of the molecule is Cc1ccc(S(=O)(=O)N2CCC(C(=O)NC(C)C(=O)NCc3ccc(F)cc3)CC2)cc1. The van der Waals surface area contributed by atoms with E-state index in [1.807, 2.05) is 6.92 Å². The van der Waals surface area contributed by atoms with Gasteiger partial charge in [0.2, 0.25) is 21.8 Å². The zero-order valence-corrected chi connectivity index (χ0v) is 19.0. The van der Waals surface area contributed by atoms with E-state index in [1.54, 1.807) is 43.3 Å². The van der Waals surface area contributed by atoms with Crippen molar-refractivity contribution < 1.29 is 22.4 Å². The number of carbonyl (C=O) groups excluding carboxylic acids is 2. The smallest absolute Gasteiger partial charge is 0.243 e. The molecular weight excluding hydrogens is 433 g/mol. The lowest BCUT2D eigenvalue weighted by atomic mass is 9.97. The van der Waals surface area contributed by atoms with Gasteiger partial charge in [-0.1, -0.05) is 29.8 Å². The van der Waals surface area contributed by atoms with Crippen LogP contribution in [0.3, 0.4) is 0 Å². The molecule has 0 spiro atoms. The molecule has 1 aliphatic heterocycles. The minimum absolute atomic E-state index is 0.231. The van der Waals surface area contributed by atoms with Gasteiger partial charge in [-0.2, -0.15) is 4.31 Å². The number of nitrogens with one attached hydrogen (secondary N) is 2. The lowest BCUT2D eigenvalue weighted by molar-refractivity contribution is -0.131. The number of hydrogen-bond donors (Lipinski definition) is 2. The highest BCUT2D eigenvalue weighted by Gasteiger charge is 2.32. The Morgan fingerprint density at radius 3 is 2.25 bits per heavy atom. The summed E-state index contributed by atoms with van der Waals surface area (Å²) in [5, 5.41) is 5.42. The fraction of sp³-hybridized carbons (Fsp3) is 0.391. The number of halogens is 1. The molecule has 1 atom stereocenters. The summed E-state index contributed by atoms with van der Waals surface area (Å²) < 4.78 is 40.0. The van der Waals surface area contributed by atoms with E-state index >= 15 is 0 Å². The molecule has 172 valence electrons. The van der Waals surface area contributed by atoms with Gasteiger partial charge in [-0.3, -0.25) is 9.59 Å². The summed E-state index contributed by atoms with van der Waals surface area (Å²) in [6, 6.07) is 11.8. The molecule has 1 fully saturated rings. The van der Waals surface area contributed by atoms with Gasteiger partial charge in [0.15, 0.2) is 0 Å². The molecule has 2 N–H and O–H groups in total. The molecule has 1 aliphatic rings. The van der Waals surface area contributed by atoms with Crippen molar-refractivity contribution in [3.8, 4) is 0 Å². The van der Waals surface area contributed by atoms with Crippen molar-refractivity contribution in [3.05, 3.63) is 65.5 Å². The lowest BCUT2D eigenvalue weighted by Gasteiger charge is -2.31. The molecule has 0 radical (unpaired) electrons. The Morgan fingerprint density at radius 2 is 1.66 bits per heavy atom. The number of carbonyl (C=O) groups is 2. The van der Waals surface area contributed by atoms with Crippen LogP contribution in [0.5, 0.6) is 0 Å². The number of aryl methyl sites for hydroxylation is 1. The summed E-state index contributed by atoms with van der Waals surface area (Å²) in [7, 11) is -3.59. The van der Waals surface area contributed by atoms with Crippen molar-refractivity contribution in [3.63, 3.8) is 0 Å². The van der Waals surface area contributed by atoms with E-state index in [-0.39, 0.29) is 48.1 Å². The Labute approximate surface area is 188 Å². The predicted molar refractivity (Wildman–Crippen MR) is 119 cm³/mol. The van der Waals surface area contributed by atoms with Gasteiger partial charge in [-0.15, -0.1) is 0 Å². The average molecular weight is 462 g/mol. The topological polar surface area (TPSA) is 95.6 Å². The molecule has 2 aromatic rings. The van der Waals surface area contributed by atoms with E-state index < -0.39 is 16.1 Å². The Morgan fingerprint density at radius 1 is 1.06 bits per heavy atom. The van der Waals surface area contributed by atoms with E-state index in [0.717, 1.165) is 11.1 Å². The van der Waals surface area contributed by atoms with Crippen LogP contribution in [-0.4, -0.2) is 43.7 Å². The first-order chi connectivity index (χ1) is 15.2. The highest BCUT2D eigenvalue weighted by atomic mass is 32.2. The minimum Gasteiger partial charge on any atom is -0.350 e. The lowest BCUT2D eigenvalue weighted by Crippen LogP contribution is -2.49. The number of rotatable bonds is 7. The number of amides is 2. The minimum atomic E-state index is -3.59. The third kappa shape index (κ3) is 5.92. The highest BCUT2D eigenvalue weighted by molar-refractivity contribution is 7.89. The molecule has 0 saturated carbocycles. The number of sulfonamides is 1. The quantitative estimate of drug-likeness (QED) is 0.662. The van der Waals surface area contributed by atoms with Crippen LogP contribution >= 0.6 is 0 Å². The summed E-state index contributed by atoms with van der Waals surface area (Å²) in [5.41, 5.74) is 1.73. The van der Waals surface area contributed by atoms with Gasteiger partial charge in [0, 0.05) is 25.6 Å². The van der Waals surface area contributed by atoms with Gasteiger partial charge in [0.25, 0.3) is 0 Å². The molecule has 2 amide bonds. The van der Waals surface area contributed by atoms with Crippen molar-refractivity contribution in [2.24, 2.45) is 5.92 Å². The maximum Gasteiger partial charge on any atom is 0.243 e. The fourth-order valence-corrected chi connectivity index (χ4v) is 5.03. The summed E-state index contributed by atoms with van der Waals surface area (Å²) in [6.45, 7) is 4.22. The van der Waals surface area contributed by atoms with Gasteiger partial charge in [0.1, 0.15) is 11.9 Å². The standard InChI is InChI=1S/C23H28FN3O4S/c1-16-3-9-21(10-4-16)32(30,31)27-13-11-19(12-14-27)23(29)26-17(2)22(28)25-15-18-5-7-20(24)8-6-18/h3-10,17,19H,11-15H2,1-2H3,(H,25,28)(H,26,29). The Bertz CT molecular complexity index is 1050. The summed E-state index contributed by atoms with van der Waals surface area (Å²) in [5.74, 6) is -1.31. The summed E-state index contributed by atoms with van der Waals surface area (Å²) in [4.78, 5) is 25.1. The molecule has 0 aliphatic carbocycles. The van der Waals surface area contributed by atoms with Gasteiger partial charge in [0.05, 0.1) is 4.90 Å². The Hall–Kier alpha value is -2.78. The van der Waals surface area contributed by atoms with Crippen molar-refractivity contribution >= 4 is 21.8 Å². The van der Waals surface area contributed by atoms with Gasteiger partial charge in [-0.05, 0) is 56.5 Å². The first-order valence-corrected chi connectivity index (χ1v) is 12.0. The number of hydrogen-bond acceptors (Lipinski definition) is 4. The molecule has 2 aromatic carbocycles. The molecule has 7 nitrogen and oxygen atoms in total. The first-order valence-electron chi connectivity index (χ1n) is 10.6. The summed E-state index contributed by atoms with van der Waals surface area (Å²) in [6.07, 6.45) is 0.779. The number of piperidine rings is 1. The van der Waals surface area contributed by atoms with Crippen molar-refractivity contribution in [1.29, 1.82) is 0 Å². The third-order valence-electron chi connectivity index (χ3n) is 5.62. The van der Waals surface area contributed by atoms with Crippen molar-refractivity contribution in [2.75, 3.05) is 13.1 Å². The van der Waals surface area contributed by atoms with Crippen LogP contribution < -0.4 is 10.6 Å². The summed E-state index contributed by atoms with van der Waals surface area (Å²) >= 11 is 0. The zero-order chi connectivity index (χ0) is 23.3. The second-order valence-corrected chi connectivity index (χ2v) is 10.0. The van der Waals surface area contributed by atoms with Crippen LogP contribution in [0.25, 0.3) is 0 Å². The first kappa shape index (κ1) is 23.9. The average Bonchev–Trinajstić information content (AvgIpc) is 2.78. The van der Waals surface area contributed by atoms with Crippen LogP contribution in [0.2, 0.25) is 0 Å². The molecule has 0 bridgehead atoms. The van der Waals surface area contributed by atoms with Crippen LogP contribution in [0.1, 0.15) is 30.9 Å². The van der Waals surface area contributed by atoms with E-state index in [1.165, 1.54) is 16.4 Å². The second-order valence-electron chi connectivity index (χ2n) is 8.07. The third-order valence-corrected chi connectivity index (χ3v) is 7.53. The second kappa shape index (κ2) is 10.2. The largest absolute Gasteiger partial charge is 0.350 e. The van der Waals surface area contributed by atoms with Crippen LogP contribution in [0.4, 0.5) is 4.39 Å². The molecule has 9 heteroatoms. The van der Waals surface area contributed by atoms with Crippen molar-refractivity contribution in [2.45, 2.75) is 44.2 Å². The van der Waals surface area contributed by atoms with Crippen LogP contribution in [0, 0.1) is 18.7 Å². The number of nitrogens with zero attached hydrogens (tertiary/aromatic N) is 1. The Balaban J connectivity index is 1.47. The van der Waals surface area contributed by atoms with E-state index in [4.69, 9.17) is 0 Å². The molecule has 1 heterocycles. The van der Waals surface area contributed by atoms with Crippen LogP contribution in [0.15, 0.2) is 53.4 Å². The van der Waals surface area contributed by atoms with Crippen LogP contribution in [-0.2, 0) is 26.2 Å². The Kier molecular flexibility index (Phi) is 7.63. The maximum absolute atomic E-state index is 13.0. The molecule has 1 saturated heterocycles. The normalized spacial score (nSPS) is 16.3. The monoisotopic (exact) mass is 461 g/mol.